The van der Waals surface area contributed by atoms with Crippen molar-refractivity contribution in [1.82, 2.24) is 40.2 Å². The number of pyridine rings is 1. The van der Waals surface area contributed by atoms with Gasteiger partial charge in [0.05, 0.1) is 0 Å². The molecule has 3 N–H and O–H groups in total. The molecule has 10 heteroatoms. The van der Waals surface area contributed by atoms with Gasteiger partial charge in [-0.25, -0.2) is 19.6 Å². The van der Waals surface area contributed by atoms with E-state index in [2.05, 4.69) is 35.9 Å². The molecule has 4 heterocycles. The summed E-state index contributed by atoms with van der Waals surface area (Å²) in [6.07, 6.45) is 8.77. The van der Waals surface area contributed by atoms with Crippen molar-refractivity contribution >= 4 is 17.5 Å². The molecule has 10 nitrogen and oxygen atoms in total. The van der Waals surface area contributed by atoms with Crippen LogP contribution in [0.25, 0.3) is 5.82 Å². The third-order valence-corrected chi connectivity index (χ3v) is 6.31. The molecule has 180 valence electrons. The summed E-state index contributed by atoms with van der Waals surface area (Å²) in [6.45, 7) is 4.40. The van der Waals surface area contributed by atoms with Gasteiger partial charge in [0.15, 0.2) is 11.6 Å². The van der Waals surface area contributed by atoms with E-state index in [0.29, 0.717) is 6.54 Å². The minimum absolute atomic E-state index is 0.0111. The van der Waals surface area contributed by atoms with E-state index in [1.54, 1.807) is 17.1 Å². The summed E-state index contributed by atoms with van der Waals surface area (Å²) in [4.78, 5) is 26.6. The van der Waals surface area contributed by atoms with E-state index in [-0.39, 0.29) is 17.7 Å². The molecule has 1 aliphatic carbocycles. The van der Waals surface area contributed by atoms with Crippen molar-refractivity contribution in [2.75, 3.05) is 5.32 Å². The Labute approximate surface area is 203 Å². The molecule has 0 spiro atoms. The van der Waals surface area contributed by atoms with Gasteiger partial charge in [0.25, 0.3) is 0 Å². The fraction of sp³-hybridized carbons (Fsp3) is 0.360. The Morgan fingerprint density at radius 1 is 1.11 bits per heavy atom. The first-order valence-corrected chi connectivity index (χ1v) is 11.9. The summed E-state index contributed by atoms with van der Waals surface area (Å²) in [5.41, 5.74) is 2.86. The molecule has 0 aromatic carbocycles. The highest BCUT2D eigenvalue weighted by Crippen LogP contribution is 2.35. The van der Waals surface area contributed by atoms with Crippen molar-refractivity contribution in [3.8, 4) is 5.82 Å². The van der Waals surface area contributed by atoms with Gasteiger partial charge < -0.3 is 10.6 Å². The van der Waals surface area contributed by atoms with Gasteiger partial charge in [-0.1, -0.05) is 6.07 Å². The predicted octanol–water partition coefficient (Wildman–Crippen LogP) is 3.73. The summed E-state index contributed by atoms with van der Waals surface area (Å²) in [7, 11) is 0. The van der Waals surface area contributed by atoms with Crippen LogP contribution in [0.3, 0.4) is 0 Å². The van der Waals surface area contributed by atoms with Crippen LogP contribution in [0.5, 0.6) is 0 Å². The van der Waals surface area contributed by atoms with Gasteiger partial charge in [-0.15, -0.1) is 0 Å². The highest BCUT2D eigenvalue weighted by atomic mass is 16.1. The lowest BCUT2D eigenvalue weighted by atomic mass is 9.81. The summed E-state index contributed by atoms with van der Waals surface area (Å²) in [6, 6.07) is 9.57. The monoisotopic (exact) mass is 471 g/mol. The van der Waals surface area contributed by atoms with Crippen LogP contribution in [0.2, 0.25) is 0 Å². The van der Waals surface area contributed by atoms with Crippen molar-refractivity contribution in [1.29, 1.82) is 0 Å². The molecule has 1 fully saturated rings. The van der Waals surface area contributed by atoms with Crippen LogP contribution in [0.1, 0.15) is 54.4 Å². The number of amides is 1. The number of H-pyrrole nitrogens is 1. The maximum absolute atomic E-state index is 12.8. The second-order valence-corrected chi connectivity index (χ2v) is 9.06. The average molecular weight is 472 g/mol. The van der Waals surface area contributed by atoms with Crippen molar-refractivity contribution in [3.05, 3.63) is 71.7 Å². The predicted molar refractivity (Wildman–Crippen MR) is 131 cm³/mol. The Morgan fingerprint density at radius 3 is 2.66 bits per heavy atom. The number of carbonyl (C=O) groups excluding carboxylic acids is 1. The minimum atomic E-state index is 0.0111. The zero-order chi connectivity index (χ0) is 24.2. The lowest BCUT2D eigenvalue weighted by Crippen LogP contribution is -2.32. The normalized spacial score (nSPS) is 17.8. The van der Waals surface area contributed by atoms with E-state index in [0.717, 1.165) is 65.9 Å². The molecule has 5 rings (SSSR count). The first kappa shape index (κ1) is 22.7. The van der Waals surface area contributed by atoms with E-state index >= 15 is 0 Å². The van der Waals surface area contributed by atoms with E-state index in [1.165, 1.54) is 0 Å². The number of nitrogens with zero attached hydrogens (tertiary/aromatic N) is 6. The van der Waals surface area contributed by atoms with E-state index in [9.17, 15) is 4.79 Å². The number of anilines is 2. The van der Waals surface area contributed by atoms with Crippen molar-refractivity contribution in [2.45, 2.75) is 52.0 Å². The molecule has 0 saturated heterocycles. The highest BCUT2D eigenvalue weighted by Gasteiger charge is 2.28. The molecule has 0 bridgehead atoms. The van der Waals surface area contributed by atoms with E-state index in [4.69, 9.17) is 4.98 Å². The van der Waals surface area contributed by atoms with Gasteiger partial charge in [-0.2, -0.15) is 10.2 Å². The summed E-state index contributed by atoms with van der Waals surface area (Å²) < 4.78 is 1.70. The summed E-state index contributed by atoms with van der Waals surface area (Å²) >= 11 is 0. The molecule has 4 aromatic rings. The average Bonchev–Trinajstić information content (AvgIpc) is 3.55. The molecule has 4 aromatic heterocycles. The maximum atomic E-state index is 12.8. The van der Waals surface area contributed by atoms with Gasteiger partial charge in [-0.05, 0) is 57.2 Å². The molecule has 0 atom stereocenters. The SMILES string of the molecule is Cc1cc(Nc2cc(C)[nH]n2)nc(C2CCC(C(=O)NCc3ccc(-n4cccn4)nc3)CC2)n1. The fourth-order valence-corrected chi connectivity index (χ4v) is 4.46. The van der Waals surface area contributed by atoms with E-state index in [1.807, 2.05) is 50.4 Å². The Morgan fingerprint density at radius 2 is 1.97 bits per heavy atom. The Bertz CT molecular complexity index is 1270. The molecule has 0 aliphatic heterocycles. The second kappa shape index (κ2) is 10.0. The third-order valence-electron chi connectivity index (χ3n) is 6.31. The first-order valence-electron chi connectivity index (χ1n) is 11.9. The summed E-state index contributed by atoms with van der Waals surface area (Å²) in [5, 5.41) is 17.6. The van der Waals surface area contributed by atoms with Gasteiger partial charge in [0.1, 0.15) is 11.6 Å². The molecule has 1 aliphatic rings. The smallest absolute Gasteiger partial charge is 0.223 e. The Hall–Kier alpha value is -4.08. The lowest BCUT2D eigenvalue weighted by Gasteiger charge is -2.27. The van der Waals surface area contributed by atoms with Crippen molar-refractivity contribution in [3.63, 3.8) is 0 Å². The molecule has 1 amide bonds. The minimum Gasteiger partial charge on any atom is -0.352 e. The van der Waals surface area contributed by atoms with Crippen LogP contribution in [0.4, 0.5) is 11.6 Å². The second-order valence-electron chi connectivity index (χ2n) is 9.06. The van der Waals surface area contributed by atoms with Gasteiger partial charge >= 0.3 is 0 Å². The van der Waals surface area contributed by atoms with Crippen molar-refractivity contribution in [2.24, 2.45) is 5.92 Å². The Balaban J connectivity index is 1.13. The number of aryl methyl sites for hydroxylation is 2. The van der Waals surface area contributed by atoms with Crippen LogP contribution >= 0.6 is 0 Å². The van der Waals surface area contributed by atoms with Crippen LogP contribution in [0.15, 0.2) is 48.9 Å². The zero-order valence-electron chi connectivity index (χ0n) is 19.9. The highest BCUT2D eigenvalue weighted by molar-refractivity contribution is 5.78. The number of carbonyl (C=O) groups is 1. The molecule has 0 radical (unpaired) electrons. The maximum Gasteiger partial charge on any atom is 0.223 e. The summed E-state index contributed by atoms with van der Waals surface area (Å²) in [5.74, 6) is 3.42. The number of nitrogens with one attached hydrogen (secondary N) is 3. The first-order chi connectivity index (χ1) is 17.0. The largest absolute Gasteiger partial charge is 0.352 e. The van der Waals surface area contributed by atoms with Gasteiger partial charge in [0.2, 0.25) is 5.91 Å². The van der Waals surface area contributed by atoms with E-state index < -0.39 is 0 Å². The van der Waals surface area contributed by atoms with Crippen LogP contribution in [-0.2, 0) is 11.3 Å². The number of hydrogen-bond acceptors (Lipinski definition) is 7. The van der Waals surface area contributed by atoms with Crippen LogP contribution in [-0.4, -0.2) is 40.8 Å². The van der Waals surface area contributed by atoms with Crippen LogP contribution < -0.4 is 10.6 Å². The van der Waals surface area contributed by atoms with Gasteiger partial charge in [-0.3, -0.25) is 9.89 Å². The molecular formula is C25H29N9O. The number of aromatic nitrogens is 7. The number of rotatable bonds is 7. The standard InChI is InChI=1S/C25H29N9O/c1-16-12-21(30-22-13-17(2)32-33-22)31-24(29-16)19-5-7-20(8-6-19)25(35)27-15-18-4-9-23(26-14-18)34-11-3-10-28-34/h3-4,9-14,19-20H,5-8,15H2,1-2H3,(H,27,35)(H2,29,30,31,32,33). The van der Waals surface area contributed by atoms with Crippen LogP contribution in [0, 0.1) is 19.8 Å². The molecule has 1 saturated carbocycles. The molecular weight excluding hydrogens is 442 g/mol. The molecule has 0 unspecified atom stereocenters. The number of aromatic amines is 1. The Kier molecular flexibility index (Phi) is 6.51. The third kappa shape index (κ3) is 5.53. The van der Waals surface area contributed by atoms with Gasteiger partial charge in [0, 0.05) is 60.5 Å². The van der Waals surface area contributed by atoms with Crippen molar-refractivity contribution < 1.29 is 4.79 Å². The number of hydrogen-bond donors (Lipinski definition) is 3. The zero-order valence-corrected chi connectivity index (χ0v) is 19.9. The lowest BCUT2D eigenvalue weighted by molar-refractivity contribution is -0.126. The topological polar surface area (TPSA) is 126 Å². The molecule has 35 heavy (non-hydrogen) atoms. The quantitative estimate of drug-likeness (QED) is 0.375. The fourth-order valence-electron chi connectivity index (χ4n) is 4.46.